The maximum atomic E-state index is 11.0. The van der Waals surface area contributed by atoms with Crippen molar-refractivity contribution in [2.24, 2.45) is 5.73 Å². The van der Waals surface area contributed by atoms with Gasteiger partial charge < -0.3 is 15.2 Å². The van der Waals surface area contributed by atoms with Crippen LogP contribution in [0.3, 0.4) is 0 Å². The van der Waals surface area contributed by atoms with Crippen LogP contribution >= 0.6 is 0 Å². The summed E-state index contributed by atoms with van der Waals surface area (Å²) < 4.78 is 10.1. The summed E-state index contributed by atoms with van der Waals surface area (Å²) in [6.07, 6.45) is -0.0999. The molecule has 0 aromatic rings. The molecule has 0 aliphatic heterocycles. The van der Waals surface area contributed by atoms with Gasteiger partial charge in [0, 0.05) is 6.54 Å². The first-order chi connectivity index (χ1) is 5.87. The molecule has 0 aromatic carbocycles. The van der Waals surface area contributed by atoms with E-state index >= 15 is 0 Å². The van der Waals surface area contributed by atoms with Gasteiger partial charge in [0.1, 0.15) is 6.61 Å². The fraction of sp³-hybridized carbons (Fsp3) is 0.889. The van der Waals surface area contributed by atoms with Gasteiger partial charge in [-0.3, -0.25) is 0 Å². The largest absolute Gasteiger partial charge is 0.461 e. The van der Waals surface area contributed by atoms with E-state index in [4.69, 9.17) is 15.2 Å². The summed E-state index contributed by atoms with van der Waals surface area (Å²) in [5, 5.41) is 0. The van der Waals surface area contributed by atoms with Crippen molar-refractivity contribution in [3.8, 4) is 0 Å². The molecule has 0 aromatic heterocycles. The number of rotatable bonds is 5. The molecule has 0 saturated carbocycles. The van der Waals surface area contributed by atoms with Crippen LogP contribution in [0.1, 0.15) is 27.7 Å². The molecule has 0 saturated heterocycles. The minimum Gasteiger partial charge on any atom is -0.461 e. The van der Waals surface area contributed by atoms with Crippen molar-refractivity contribution in [2.75, 3.05) is 13.2 Å². The van der Waals surface area contributed by atoms with Crippen LogP contribution in [0.2, 0.25) is 0 Å². The monoisotopic (exact) mass is 189 g/mol. The molecule has 0 rings (SSSR count). The molecule has 0 bridgehead atoms. The predicted molar refractivity (Wildman–Crippen MR) is 50.3 cm³/mol. The van der Waals surface area contributed by atoms with Gasteiger partial charge in [-0.2, -0.15) is 0 Å². The van der Waals surface area contributed by atoms with Crippen molar-refractivity contribution < 1.29 is 14.3 Å². The molecule has 4 heteroatoms. The molecule has 0 aliphatic rings. The van der Waals surface area contributed by atoms with Crippen molar-refractivity contribution >= 4 is 5.97 Å². The number of hydrogen-bond donors (Lipinski definition) is 1. The van der Waals surface area contributed by atoms with Crippen LogP contribution in [0.25, 0.3) is 0 Å². The zero-order chi connectivity index (χ0) is 10.5. The van der Waals surface area contributed by atoms with Crippen molar-refractivity contribution in [2.45, 2.75) is 39.4 Å². The molecule has 0 heterocycles. The highest BCUT2D eigenvalue weighted by atomic mass is 16.6. The quantitative estimate of drug-likeness (QED) is 0.646. The molecule has 2 N–H and O–H groups in total. The van der Waals surface area contributed by atoms with Crippen LogP contribution in [0, 0.1) is 0 Å². The van der Waals surface area contributed by atoms with Crippen LogP contribution in [0.5, 0.6) is 0 Å². The number of carbonyl (C=O) groups is 1. The number of esters is 1. The van der Waals surface area contributed by atoms with E-state index in [1.54, 1.807) is 13.8 Å². The number of hydrogen-bond acceptors (Lipinski definition) is 4. The topological polar surface area (TPSA) is 61.5 Å². The fourth-order valence-electron chi connectivity index (χ4n) is 0.610. The van der Waals surface area contributed by atoms with E-state index in [1.807, 2.05) is 13.8 Å². The molecule has 0 radical (unpaired) electrons. The van der Waals surface area contributed by atoms with Gasteiger partial charge in [-0.25, -0.2) is 4.79 Å². The maximum Gasteiger partial charge on any atom is 0.332 e. The van der Waals surface area contributed by atoms with Gasteiger partial charge in [-0.1, -0.05) is 0 Å². The normalized spacial score (nSPS) is 11.8. The maximum absolute atomic E-state index is 11.0. The molecular formula is C9H19NO3. The van der Waals surface area contributed by atoms with E-state index < -0.39 is 5.60 Å². The van der Waals surface area contributed by atoms with Crippen LogP contribution in [-0.4, -0.2) is 30.8 Å². The lowest BCUT2D eigenvalue weighted by atomic mass is 10.1. The minimum absolute atomic E-state index is 0.0393. The molecule has 13 heavy (non-hydrogen) atoms. The van der Waals surface area contributed by atoms with Crippen molar-refractivity contribution in [3.63, 3.8) is 0 Å². The Bertz CT molecular complexity index is 166. The average Bonchev–Trinajstić information content (AvgIpc) is 2.00. The average molecular weight is 189 g/mol. The third-order valence-electron chi connectivity index (χ3n) is 1.44. The summed E-state index contributed by atoms with van der Waals surface area (Å²) in [6.45, 7) is 7.59. The lowest BCUT2D eigenvalue weighted by molar-refractivity contribution is -0.157. The van der Waals surface area contributed by atoms with E-state index in [9.17, 15) is 4.79 Å². The van der Waals surface area contributed by atoms with Gasteiger partial charge >= 0.3 is 5.97 Å². The van der Waals surface area contributed by atoms with E-state index in [1.165, 1.54) is 0 Å². The Morgan fingerprint density at radius 3 is 2.38 bits per heavy atom. The van der Waals surface area contributed by atoms with Gasteiger partial charge in [0.15, 0.2) is 0 Å². The van der Waals surface area contributed by atoms with Gasteiger partial charge in [0.05, 0.1) is 11.7 Å². The molecule has 0 amide bonds. The highest BCUT2D eigenvalue weighted by Gasteiger charge is 2.18. The van der Waals surface area contributed by atoms with Gasteiger partial charge in [0.25, 0.3) is 0 Å². The standard InChI is InChI=1S/C9H19NO3/c1-7(2)13-8(11)5-12-9(3,4)6-10/h7H,5-6,10H2,1-4H3. The summed E-state index contributed by atoms with van der Waals surface area (Å²) in [6, 6.07) is 0. The van der Waals surface area contributed by atoms with E-state index in [0.717, 1.165) is 0 Å². The Morgan fingerprint density at radius 2 is 2.00 bits per heavy atom. The highest BCUT2D eigenvalue weighted by molar-refractivity contribution is 5.70. The Hall–Kier alpha value is -0.610. The molecule has 4 nitrogen and oxygen atoms in total. The van der Waals surface area contributed by atoms with E-state index in [0.29, 0.717) is 6.54 Å². The Balaban J connectivity index is 3.70. The zero-order valence-corrected chi connectivity index (χ0v) is 8.79. The van der Waals surface area contributed by atoms with Gasteiger partial charge in [0.2, 0.25) is 0 Å². The van der Waals surface area contributed by atoms with E-state index in [-0.39, 0.29) is 18.7 Å². The van der Waals surface area contributed by atoms with Crippen molar-refractivity contribution in [1.29, 1.82) is 0 Å². The van der Waals surface area contributed by atoms with E-state index in [2.05, 4.69) is 0 Å². The Kier molecular flexibility index (Phi) is 4.95. The summed E-state index contributed by atoms with van der Waals surface area (Å²) in [5.41, 5.74) is 4.95. The highest BCUT2D eigenvalue weighted by Crippen LogP contribution is 2.06. The SMILES string of the molecule is CC(C)OC(=O)COC(C)(C)CN. The van der Waals surface area contributed by atoms with Crippen molar-refractivity contribution in [3.05, 3.63) is 0 Å². The van der Waals surface area contributed by atoms with Crippen LogP contribution in [0.4, 0.5) is 0 Å². The first kappa shape index (κ1) is 12.4. The van der Waals surface area contributed by atoms with Crippen LogP contribution in [0.15, 0.2) is 0 Å². The third-order valence-corrected chi connectivity index (χ3v) is 1.44. The first-order valence-corrected chi connectivity index (χ1v) is 4.41. The number of ether oxygens (including phenoxy) is 2. The molecule has 0 unspecified atom stereocenters. The van der Waals surface area contributed by atoms with Gasteiger partial charge in [-0.15, -0.1) is 0 Å². The number of nitrogens with two attached hydrogens (primary N) is 1. The van der Waals surface area contributed by atoms with Crippen LogP contribution in [-0.2, 0) is 14.3 Å². The predicted octanol–water partition coefficient (Wildman–Crippen LogP) is 0.692. The molecule has 0 atom stereocenters. The second kappa shape index (κ2) is 5.19. The molecule has 0 spiro atoms. The lowest BCUT2D eigenvalue weighted by Gasteiger charge is -2.22. The summed E-state index contributed by atoms with van der Waals surface area (Å²) in [4.78, 5) is 11.0. The molecule has 0 fully saturated rings. The first-order valence-electron chi connectivity index (χ1n) is 4.41. The van der Waals surface area contributed by atoms with Crippen molar-refractivity contribution in [1.82, 2.24) is 0 Å². The Labute approximate surface area is 79.4 Å². The van der Waals surface area contributed by atoms with Crippen LogP contribution < -0.4 is 5.73 Å². The third kappa shape index (κ3) is 6.54. The molecule has 78 valence electrons. The number of carbonyl (C=O) groups excluding carboxylic acids is 1. The second-order valence-electron chi connectivity index (χ2n) is 3.79. The molecule has 0 aliphatic carbocycles. The second-order valence-corrected chi connectivity index (χ2v) is 3.79. The smallest absolute Gasteiger partial charge is 0.332 e. The summed E-state index contributed by atoms with van der Waals surface area (Å²) in [7, 11) is 0. The summed E-state index contributed by atoms with van der Waals surface area (Å²) in [5.74, 6) is -0.350. The lowest BCUT2D eigenvalue weighted by Crippen LogP contribution is -2.36. The summed E-state index contributed by atoms with van der Waals surface area (Å²) >= 11 is 0. The fourth-order valence-corrected chi connectivity index (χ4v) is 0.610. The minimum atomic E-state index is -0.462. The zero-order valence-electron chi connectivity index (χ0n) is 8.79. The molecular weight excluding hydrogens is 170 g/mol. The Morgan fingerprint density at radius 1 is 1.46 bits per heavy atom. The van der Waals surface area contributed by atoms with Gasteiger partial charge in [-0.05, 0) is 27.7 Å².